The monoisotopic (exact) mass is 230 g/mol. The maximum Gasteiger partial charge on any atom is 0.227 e. The van der Waals surface area contributed by atoms with Crippen LogP contribution in [0.15, 0.2) is 24.3 Å². The second-order valence-corrected chi connectivity index (χ2v) is 4.44. The highest BCUT2D eigenvalue weighted by Gasteiger charge is 2.19. The number of rotatable bonds is 4. The van der Waals surface area contributed by atoms with Crippen LogP contribution in [0.3, 0.4) is 0 Å². The standard InChI is InChI=1S/C14H18N2O/c1-4-13(10(2)3)14(17)16-12-7-5-11(9-15)6-8-12/h5-8,10,13H,4H2,1-3H3,(H,16,17). The molecule has 0 heterocycles. The van der Waals surface area contributed by atoms with Crippen molar-refractivity contribution < 1.29 is 4.79 Å². The molecule has 3 nitrogen and oxygen atoms in total. The molecule has 1 atom stereocenters. The molecule has 90 valence electrons. The number of amides is 1. The smallest absolute Gasteiger partial charge is 0.227 e. The van der Waals surface area contributed by atoms with Crippen LogP contribution in [0.5, 0.6) is 0 Å². The number of carbonyl (C=O) groups is 1. The Hall–Kier alpha value is -1.82. The van der Waals surface area contributed by atoms with Gasteiger partial charge in [-0.2, -0.15) is 5.26 Å². The number of carbonyl (C=O) groups excluding carboxylic acids is 1. The Morgan fingerprint density at radius 2 is 1.94 bits per heavy atom. The first-order valence-corrected chi connectivity index (χ1v) is 5.89. The van der Waals surface area contributed by atoms with Crippen molar-refractivity contribution in [3.8, 4) is 6.07 Å². The van der Waals surface area contributed by atoms with Gasteiger partial charge in [0.1, 0.15) is 0 Å². The quantitative estimate of drug-likeness (QED) is 0.863. The Morgan fingerprint density at radius 3 is 2.35 bits per heavy atom. The van der Waals surface area contributed by atoms with E-state index >= 15 is 0 Å². The van der Waals surface area contributed by atoms with Crippen molar-refractivity contribution in [3.05, 3.63) is 29.8 Å². The molecule has 0 aromatic heterocycles. The van der Waals surface area contributed by atoms with Gasteiger partial charge in [-0.05, 0) is 36.6 Å². The van der Waals surface area contributed by atoms with E-state index in [1.165, 1.54) is 0 Å². The fourth-order valence-electron chi connectivity index (χ4n) is 1.82. The SMILES string of the molecule is CCC(C(=O)Nc1ccc(C#N)cc1)C(C)C. The molecule has 1 aromatic rings. The number of nitriles is 1. The van der Waals surface area contributed by atoms with Crippen LogP contribution in [0.2, 0.25) is 0 Å². The molecule has 0 saturated carbocycles. The first-order valence-electron chi connectivity index (χ1n) is 5.89. The van der Waals surface area contributed by atoms with Crippen molar-refractivity contribution in [2.75, 3.05) is 5.32 Å². The predicted octanol–water partition coefficient (Wildman–Crippen LogP) is 3.18. The minimum Gasteiger partial charge on any atom is -0.326 e. The van der Waals surface area contributed by atoms with Crippen molar-refractivity contribution >= 4 is 11.6 Å². The zero-order valence-electron chi connectivity index (χ0n) is 10.5. The normalized spacial score (nSPS) is 11.9. The summed E-state index contributed by atoms with van der Waals surface area (Å²) >= 11 is 0. The van der Waals surface area contributed by atoms with Crippen LogP contribution in [0, 0.1) is 23.2 Å². The summed E-state index contributed by atoms with van der Waals surface area (Å²) in [6.07, 6.45) is 0.833. The lowest BCUT2D eigenvalue weighted by Crippen LogP contribution is -2.26. The zero-order valence-corrected chi connectivity index (χ0v) is 10.5. The third kappa shape index (κ3) is 3.60. The van der Waals surface area contributed by atoms with E-state index in [0.717, 1.165) is 12.1 Å². The summed E-state index contributed by atoms with van der Waals surface area (Å²) in [5.41, 5.74) is 1.34. The molecule has 3 heteroatoms. The molecule has 1 aromatic carbocycles. The maximum absolute atomic E-state index is 12.0. The van der Waals surface area contributed by atoms with Gasteiger partial charge in [-0.25, -0.2) is 0 Å². The number of hydrogen-bond acceptors (Lipinski definition) is 2. The average Bonchev–Trinajstić information content (AvgIpc) is 2.30. The molecule has 0 aliphatic rings. The van der Waals surface area contributed by atoms with E-state index in [1.807, 2.05) is 26.8 Å². The van der Waals surface area contributed by atoms with Gasteiger partial charge >= 0.3 is 0 Å². The summed E-state index contributed by atoms with van der Waals surface area (Å²) in [7, 11) is 0. The number of anilines is 1. The van der Waals surface area contributed by atoms with E-state index in [4.69, 9.17) is 5.26 Å². The Balaban J connectivity index is 2.70. The molecule has 17 heavy (non-hydrogen) atoms. The van der Waals surface area contributed by atoms with Crippen LogP contribution in [0.1, 0.15) is 32.8 Å². The molecule has 1 unspecified atom stereocenters. The van der Waals surface area contributed by atoms with Gasteiger partial charge in [-0.1, -0.05) is 20.8 Å². The topological polar surface area (TPSA) is 52.9 Å². The van der Waals surface area contributed by atoms with Crippen molar-refractivity contribution in [3.63, 3.8) is 0 Å². The van der Waals surface area contributed by atoms with Gasteiger partial charge in [0.2, 0.25) is 5.91 Å². The molecule has 0 fully saturated rings. The van der Waals surface area contributed by atoms with Gasteiger partial charge in [0.15, 0.2) is 0 Å². The second-order valence-electron chi connectivity index (χ2n) is 4.44. The van der Waals surface area contributed by atoms with Crippen LogP contribution in [0.4, 0.5) is 5.69 Å². The van der Waals surface area contributed by atoms with Gasteiger partial charge in [0, 0.05) is 11.6 Å². The van der Waals surface area contributed by atoms with E-state index in [2.05, 4.69) is 5.32 Å². The molecule has 0 aliphatic carbocycles. The third-order valence-electron chi connectivity index (χ3n) is 2.86. The van der Waals surface area contributed by atoms with Gasteiger partial charge in [-0.15, -0.1) is 0 Å². The predicted molar refractivity (Wildman–Crippen MR) is 68.4 cm³/mol. The molecule has 0 aliphatic heterocycles. The summed E-state index contributed by atoms with van der Waals surface area (Å²) in [5.74, 6) is 0.413. The van der Waals surface area contributed by atoms with E-state index in [1.54, 1.807) is 24.3 Å². The van der Waals surface area contributed by atoms with Gasteiger partial charge in [0.05, 0.1) is 11.6 Å². The third-order valence-corrected chi connectivity index (χ3v) is 2.86. The van der Waals surface area contributed by atoms with E-state index in [-0.39, 0.29) is 11.8 Å². The van der Waals surface area contributed by atoms with Gasteiger partial charge < -0.3 is 5.32 Å². The summed E-state index contributed by atoms with van der Waals surface area (Å²) in [6, 6.07) is 8.95. The molecule has 0 radical (unpaired) electrons. The van der Waals surface area contributed by atoms with Crippen molar-refractivity contribution in [1.29, 1.82) is 5.26 Å². The number of nitrogens with one attached hydrogen (secondary N) is 1. The van der Waals surface area contributed by atoms with E-state index < -0.39 is 0 Å². The van der Waals surface area contributed by atoms with Crippen molar-refractivity contribution in [2.24, 2.45) is 11.8 Å². The van der Waals surface area contributed by atoms with Crippen LogP contribution >= 0.6 is 0 Å². The second kappa shape index (κ2) is 6.05. The lowest BCUT2D eigenvalue weighted by atomic mass is 9.92. The van der Waals surface area contributed by atoms with Crippen molar-refractivity contribution in [2.45, 2.75) is 27.2 Å². The number of nitrogens with zero attached hydrogens (tertiary/aromatic N) is 1. The van der Waals surface area contributed by atoms with Crippen LogP contribution < -0.4 is 5.32 Å². The summed E-state index contributed by atoms with van der Waals surface area (Å²) in [5, 5.41) is 11.5. The molecule has 0 saturated heterocycles. The molecule has 1 rings (SSSR count). The Labute approximate surface area is 102 Å². The first-order chi connectivity index (χ1) is 8.08. The highest BCUT2D eigenvalue weighted by molar-refractivity contribution is 5.92. The minimum absolute atomic E-state index is 0.0330. The summed E-state index contributed by atoms with van der Waals surface area (Å²) in [4.78, 5) is 12.0. The molecule has 1 N–H and O–H groups in total. The average molecular weight is 230 g/mol. The highest BCUT2D eigenvalue weighted by atomic mass is 16.1. The van der Waals surface area contributed by atoms with E-state index in [9.17, 15) is 4.79 Å². The van der Waals surface area contributed by atoms with Gasteiger partial charge in [0.25, 0.3) is 0 Å². The molecule has 0 bridgehead atoms. The summed E-state index contributed by atoms with van der Waals surface area (Å²) < 4.78 is 0. The minimum atomic E-state index is 0.0330. The zero-order chi connectivity index (χ0) is 12.8. The van der Waals surface area contributed by atoms with Gasteiger partial charge in [-0.3, -0.25) is 4.79 Å². The van der Waals surface area contributed by atoms with Crippen LogP contribution in [-0.4, -0.2) is 5.91 Å². The fraction of sp³-hybridized carbons (Fsp3) is 0.429. The molecular weight excluding hydrogens is 212 g/mol. The molecule has 0 spiro atoms. The molecular formula is C14H18N2O. The summed E-state index contributed by atoms with van der Waals surface area (Å²) in [6.45, 7) is 6.11. The van der Waals surface area contributed by atoms with Crippen LogP contribution in [-0.2, 0) is 4.79 Å². The Bertz CT molecular complexity index is 415. The Kier molecular flexibility index (Phi) is 4.71. The van der Waals surface area contributed by atoms with Crippen molar-refractivity contribution in [1.82, 2.24) is 0 Å². The largest absolute Gasteiger partial charge is 0.326 e. The lowest BCUT2D eigenvalue weighted by molar-refractivity contribution is -0.121. The fourth-order valence-corrected chi connectivity index (χ4v) is 1.82. The number of hydrogen-bond donors (Lipinski definition) is 1. The van der Waals surface area contributed by atoms with E-state index in [0.29, 0.717) is 11.5 Å². The molecule has 1 amide bonds. The maximum atomic E-state index is 12.0. The first kappa shape index (κ1) is 13.2. The number of benzene rings is 1. The Morgan fingerprint density at radius 1 is 1.35 bits per heavy atom. The highest BCUT2D eigenvalue weighted by Crippen LogP contribution is 2.18. The van der Waals surface area contributed by atoms with Crippen LogP contribution in [0.25, 0.3) is 0 Å². The lowest BCUT2D eigenvalue weighted by Gasteiger charge is -2.18.